The molecule has 0 heterocycles. The quantitative estimate of drug-likeness (QED) is 0.360. The SMILES string of the molecule is COC(=O)C(O)C(O)(O)c1ccc(C=O)cc1. The number of aliphatic hydroxyl groups is 3. The summed E-state index contributed by atoms with van der Waals surface area (Å²) in [4.78, 5) is 21.4. The number of hydrogen-bond donors (Lipinski definition) is 3. The molecule has 0 amide bonds. The average molecular weight is 240 g/mol. The number of benzene rings is 1. The standard InChI is InChI=1S/C11H12O6/c1-17-10(14)9(13)11(15,16)8-4-2-7(6-12)3-5-8/h2-6,9,13,15-16H,1H3. The number of carbonyl (C=O) groups excluding carboxylic acids is 2. The summed E-state index contributed by atoms with van der Waals surface area (Å²) in [6, 6.07) is 5.09. The first-order valence-electron chi connectivity index (χ1n) is 4.70. The smallest absolute Gasteiger partial charge is 0.340 e. The molecule has 92 valence electrons. The third-order valence-corrected chi connectivity index (χ3v) is 2.28. The van der Waals surface area contributed by atoms with Gasteiger partial charge in [0.1, 0.15) is 6.29 Å². The molecule has 6 nitrogen and oxygen atoms in total. The van der Waals surface area contributed by atoms with Crippen LogP contribution in [0.4, 0.5) is 0 Å². The lowest BCUT2D eigenvalue weighted by atomic mass is 9.99. The number of ether oxygens (including phenoxy) is 1. The number of aldehydes is 1. The first kappa shape index (κ1) is 13.3. The molecule has 0 saturated carbocycles. The van der Waals surface area contributed by atoms with Gasteiger partial charge in [-0.05, 0) is 0 Å². The molecule has 1 aromatic carbocycles. The van der Waals surface area contributed by atoms with Crippen molar-refractivity contribution in [3.8, 4) is 0 Å². The summed E-state index contributed by atoms with van der Waals surface area (Å²) >= 11 is 0. The van der Waals surface area contributed by atoms with Gasteiger partial charge < -0.3 is 20.1 Å². The second-order valence-electron chi connectivity index (χ2n) is 3.39. The topological polar surface area (TPSA) is 104 Å². The number of methoxy groups -OCH3 is 1. The minimum Gasteiger partial charge on any atom is -0.467 e. The Balaban J connectivity index is 3.02. The molecular weight excluding hydrogens is 228 g/mol. The summed E-state index contributed by atoms with van der Waals surface area (Å²) in [6.07, 6.45) is -1.55. The van der Waals surface area contributed by atoms with Crippen LogP contribution in [0, 0.1) is 0 Å². The molecule has 0 aliphatic heterocycles. The van der Waals surface area contributed by atoms with Crippen LogP contribution >= 0.6 is 0 Å². The van der Waals surface area contributed by atoms with Gasteiger partial charge in [0, 0.05) is 11.1 Å². The Kier molecular flexibility index (Phi) is 3.95. The van der Waals surface area contributed by atoms with E-state index in [-0.39, 0.29) is 5.56 Å². The third-order valence-electron chi connectivity index (χ3n) is 2.28. The van der Waals surface area contributed by atoms with Crippen molar-refractivity contribution in [1.29, 1.82) is 0 Å². The lowest BCUT2D eigenvalue weighted by Crippen LogP contribution is -2.45. The summed E-state index contributed by atoms with van der Waals surface area (Å²) in [6.45, 7) is 0. The van der Waals surface area contributed by atoms with Gasteiger partial charge >= 0.3 is 5.97 Å². The molecule has 0 aliphatic carbocycles. The van der Waals surface area contributed by atoms with Crippen LogP contribution in [0.2, 0.25) is 0 Å². The molecule has 0 spiro atoms. The van der Waals surface area contributed by atoms with Crippen molar-refractivity contribution in [2.75, 3.05) is 7.11 Å². The van der Waals surface area contributed by atoms with Crippen LogP contribution in [0.1, 0.15) is 15.9 Å². The van der Waals surface area contributed by atoms with Gasteiger partial charge in [0.2, 0.25) is 11.9 Å². The van der Waals surface area contributed by atoms with Crippen LogP contribution < -0.4 is 0 Å². The molecule has 0 fully saturated rings. The highest BCUT2D eigenvalue weighted by Gasteiger charge is 2.41. The highest BCUT2D eigenvalue weighted by molar-refractivity contribution is 5.76. The number of aliphatic hydroxyl groups excluding tert-OH is 1. The highest BCUT2D eigenvalue weighted by Crippen LogP contribution is 2.23. The van der Waals surface area contributed by atoms with Gasteiger partial charge in [-0.3, -0.25) is 4.79 Å². The fourth-order valence-electron chi connectivity index (χ4n) is 1.24. The van der Waals surface area contributed by atoms with Gasteiger partial charge in [0.05, 0.1) is 7.11 Å². The first-order chi connectivity index (χ1) is 7.93. The number of esters is 1. The first-order valence-corrected chi connectivity index (χ1v) is 4.70. The van der Waals surface area contributed by atoms with Crippen molar-refractivity contribution < 1.29 is 29.6 Å². The predicted molar refractivity (Wildman–Crippen MR) is 56.0 cm³/mol. The largest absolute Gasteiger partial charge is 0.467 e. The third kappa shape index (κ3) is 2.68. The Bertz CT molecular complexity index is 408. The number of hydrogen-bond acceptors (Lipinski definition) is 6. The van der Waals surface area contributed by atoms with E-state index in [4.69, 9.17) is 0 Å². The summed E-state index contributed by atoms with van der Waals surface area (Å²) < 4.78 is 4.20. The monoisotopic (exact) mass is 240 g/mol. The second-order valence-corrected chi connectivity index (χ2v) is 3.39. The van der Waals surface area contributed by atoms with E-state index >= 15 is 0 Å². The van der Waals surface area contributed by atoms with Crippen molar-refractivity contribution in [3.63, 3.8) is 0 Å². The van der Waals surface area contributed by atoms with Crippen molar-refractivity contribution in [2.45, 2.75) is 11.9 Å². The molecular formula is C11H12O6. The van der Waals surface area contributed by atoms with Gasteiger partial charge in [-0.2, -0.15) is 0 Å². The van der Waals surface area contributed by atoms with E-state index in [1.807, 2.05) is 0 Å². The number of carbonyl (C=O) groups is 2. The molecule has 0 saturated heterocycles. The molecule has 1 atom stereocenters. The molecule has 3 N–H and O–H groups in total. The molecule has 1 unspecified atom stereocenters. The van der Waals surface area contributed by atoms with E-state index < -0.39 is 17.9 Å². The van der Waals surface area contributed by atoms with Crippen molar-refractivity contribution >= 4 is 12.3 Å². The van der Waals surface area contributed by atoms with Crippen LogP contribution in [0.3, 0.4) is 0 Å². The van der Waals surface area contributed by atoms with E-state index in [0.717, 1.165) is 7.11 Å². The molecule has 1 rings (SSSR count). The van der Waals surface area contributed by atoms with Gasteiger partial charge in [-0.25, -0.2) is 4.79 Å². The van der Waals surface area contributed by atoms with Crippen LogP contribution in [-0.4, -0.2) is 40.8 Å². The van der Waals surface area contributed by atoms with Crippen molar-refractivity contribution in [1.82, 2.24) is 0 Å². The summed E-state index contributed by atoms with van der Waals surface area (Å²) in [5.74, 6) is -3.94. The maximum atomic E-state index is 11.0. The summed E-state index contributed by atoms with van der Waals surface area (Å²) in [5.41, 5.74) is 0.207. The zero-order valence-electron chi connectivity index (χ0n) is 9.03. The van der Waals surface area contributed by atoms with Crippen LogP contribution in [0.25, 0.3) is 0 Å². The van der Waals surface area contributed by atoms with Gasteiger partial charge in [-0.15, -0.1) is 0 Å². The molecule has 6 heteroatoms. The highest BCUT2D eigenvalue weighted by atomic mass is 16.6. The Morgan fingerprint density at radius 1 is 1.35 bits per heavy atom. The maximum Gasteiger partial charge on any atom is 0.340 e. The van der Waals surface area contributed by atoms with Crippen LogP contribution in [0.5, 0.6) is 0 Å². The minimum absolute atomic E-state index is 0.124. The molecule has 0 bridgehead atoms. The Labute approximate surface area is 97.1 Å². The number of rotatable bonds is 4. The summed E-state index contributed by atoms with van der Waals surface area (Å²) in [5, 5.41) is 28.7. The van der Waals surface area contributed by atoms with Crippen LogP contribution in [-0.2, 0) is 15.3 Å². The molecule has 0 aliphatic rings. The zero-order valence-corrected chi connectivity index (χ0v) is 9.03. The lowest BCUT2D eigenvalue weighted by molar-refractivity contribution is -0.239. The van der Waals surface area contributed by atoms with E-state index in [0.29, 0.717) is 11.8 Å². The predicted octanol–water partition coefficient (Wildman–Crippen LogP) is -0.830. The Morgan fingerprint density at radius 2 is 1.88 bits per heavy atom. The van der Waals surface area contributed by atoms with Crippen molar-refractivity contribution in [2.24, 2.45) is 0 Å². The average Bonchev–Trinajstić information content (AvgIpc) is 2.36. The molecule has 0 radical (unpaired) electrons. The fourth-order valence-corrected chi connectivity index (χ4v) is 1.24. The van der Waals surface area contributed by atoms with E-state index in [1.165, 1.54) is 24.3 Å². The van der Waals surface area contributed by atoms with Gasteiger partial charge in [-0.1, -0.05) is 24.3 Å². The molecule has 17 heavy (non-hydrogen) atoms. The van der Waals surface area contributed by atoms with Crippen LogP contribution in [0.15, 0.2) is 24.3 Å². The lowest BCUT2D eigenvalue weighted by Gasteiger charge is -2.25. The fraction of sp³-hybridized carbons (Fsp3) is 0.273. The molecule has 1 aromatic rings. The Hall–Kier alpha value is -1.76. The second kappa shape index (κ2) is 5.05. The van der Waals surface area contributed by atoms with E-state index in [1.54, 1.807) is 0 Å². The van der Waals surface area contributed by atoms with Gasteiger partial charge in [0.25, 0.3) is 0 Å². The molecule has 0 aromatic heterocycles. The zero-order chi connectivity index (χ0) is 13.1. The van der Waals surface area contributed by atoms with E-state index in [9.17, 15) is 24.9 Å². The Morgan fingerprint density at radius 3 is 2.29 bits per heavy atom. The summed E-state index contributed by atoms with van der Waals surface area (Å²) in [7, 11) is 1.01. The normalized spacial score (nSPS) is 12.9. The minimum atomic E-state index is -2.77. The maximum absolute atomic E-state index is 11.0. The van der Waals surface area contributed by atoms with E-state index in [2.05, 4.69) is 4.74 Å². The van der Waals surface area contributed by atoms with Gasteiger partial charge in [0.15, 0.2) is 0 Å². The van der Waals surface area contributed by atoms with Crippen molar-refractivity contribution in [3.05, 3.63) is 35.4 Å².